The zero-order valence-corrected chi connectivity index (χ0v) is 10.7. The smallest absolute Gasteiger partial charge is 0.252 e. The Morgan fingerprint density at radius 1 is 0.850 bits per heavy atom. The summed E-state index contributed by atoms with van der Waals surface area (Å²) in [6.07, 6.45) is 6.20. The summed E-state index contributed by atoms with van der Waals surface area (Å²) in [5.41, 5.74) is 1.03. The molecule has 0 unspecified atom stereocenters. The Kier molecular flexibility index (Phi) is 4.77. The van der Waals surface area contributed by atoms with E-state index < -0.39 is 0 Å². The average molecular weight is 270 g/mol. The second-order valence-corrected chi connectivity index (χ2v) is 3.99. The summed E-state index contributed by atoms with van der Waals surface area (Å²) in [6.45, 7) is 0.706. The van der Waals surface area contributed by atoms with Crippen LogP contribution in [0.3, 0.4) is 0 Å². The lowest BCUT2D eigenvalue weighted by Crippen LogP contribution is -2.34. The van der Waals surface area contributed by atoms with Gasteiger partial charge in [-0.2, -0.15) is 0 Å². The van der Waals surface area contributed by atoms with Crippen molar-refractivity contribution in [1.29, 1.82) is 0 Å². The predicted molar refractivity (Wildman–Crippen MR) is 73.1 cm³/mol. The van der Waals surface area contributed by atoms with E-state index in [1.165, 1.54) is 6.20 Å². The van der Waals surface area contributed by atoms with Crippen LogP contribution in [0.15, 0.2) is 49.1 Å². The molecule has 0 aromatic carbocycles. The molecule has 0 atom stereocenters. The van der Waals surface area contributed by atoms with Crippen LogP contribution in [0.2, 0.25) is 0 Å². The summed E-state index contributed by atoms with van der Waals surface area (Å²) in [5.74, 6) is -0.403. The number of hydrogen-bond acceptors (Lipinski definition) is 4. The lowest BCUT2D eigenvalue weighted by atomic mass is 10.2. The standard InChI is InChI=1S/C14H14N4O2/c19-13(11-3-6-15-7-4-11)17-8-9-18-14(20)12-2-1-5-16-10-12/h1-7,10H,8-9H2,(H,17,19)(H,18,20). The first-order chi connectivity index (χ1) is 9.77. The number of carbonyl (C=O) groups excluding carboxylic acids is 2. The molecule has 0 radical (unpaired) electrons. The number of amides is 2. The van der Waals surface area contributed by atoms with Crippen LogP contribution in [0.5, 0.6) is 0 Å². The highest BCUT2D eigenvalue weighted by atomic mass is 16.2. The normalized spacial score (nSPS) is 9.80. The molecule has 2 aromatic heterocycles. The van der Waals surface area contributed by atoms with Crippen LogP contribution < -0.4 is 10.6 Å². The van der Waals surface area contributed by atoms with Crippen molar-refractivity contribution >= 4 is 11.8 Å². The molecule has 0 spiro atoms. The molecule has 2 heterocycles. The van der Waals surface area contributed by atoms with Crippen molar-refractivity contribution in [3.8, 4) is 0 Å². The minimum absolute atomic E-state index is 0.192. The fraction of sp³-hybridized carbons (Fsp3) is 0.143. The maximum absolute atomic E-state index is 11.7. The molecule has 2 rings (SSSR count). The Labute approximate surface area is 116 Å². The summed E-state index contributed by atoms with van der Waals surface area (Å²) in [5, 5.41) is 5.41. The number of pyridine rings is 2. The van der Waals surface area contributed by atoms with E-state index in [1.807, 2.05) is 0 Å². The van der Waals surface area contributed by atoms with Crippen molar-refractivity contribution in [2.45, 2.75) is 0 Å². The summed E-state index contributed by atoms with van der Waals surface area (Å²) in [6, 6.07) is 6.63. The molecule has 0 aliphatic heterocycles. The third-order valence-corrected chi connectivity index (χ3v) is 2.56. The Morgan fingerprint density at radius 2 is 1.50 bits per heavy atom. The Bertz CT molecular complexity index is 519. The van der Waals surface area contributed by atoms with E-state index >= 15 is 0 Å². The van der Waals surface area contributed by atoms with Gasteiger partial charge in [0.2, 0.25) is 0 Å². The van der Waals surface area contributed by atoms with Crippen molar-refractivity contribution in [2.24, 2.45) is 0 Å². The third-order valence-electron chi connectivity index (χ3n) is 2.56. The van der Waals surface area contributed by atoms with Gasteiger partial charge >= 0.3 is 0 Å². The zero-order valence-electron chi connectivity index (χ0n) is 10.7. The third kappa shape index (κ3) is 3.88. The van der Waals surface area contributed by atoms with E-state index in [1.54, 1.807) is 42.9 Å². The molecule has 0 fully saturated rings. The van der Waals surface area contributed by atoms with Gasteiger partial charge in [-0.15, -0.1) is 0 Å². The molecule has 2 amide bonds. The summed E-state index contributed by atoms with van der Waals surface area (Å²) >= 11 is 0. The molecule has 0 aliphatic rings. The topological polar surface area (TPSA) is 84.0 Å². The van der Waals surface area contributed by atoms with Crippen LogP contribution in [0.4, 0.5) is 0 Å². The molecule has 20 heavy (non-hydrogen) atoms. The van der Waals surface area contributed by atoms with Gasteiger partial charge in [0.1, 0.15) is 0 Å². The van der Waals surface area contributed by atoms with Gasteiger partial charge < -0.3 is 10.6 Å². The van der Waals surface area contributed by atoms with Gasteiger partial charge in [0.05, 0.1) is 5.56 Å². The monoisotopic (exact) mass is 270 g/mol. The predicted octanol–water partition coefficient (Wildman–Crippen LogP) is 0.636. The van der Waals surface area contributed by atoms with E-state index in [4.69, 9.17) is 0 Å². The maximum atomic E-state index is 11.7. The molecular formula is C14H14N4O2. The number of nitrogens with one attached hydrogen (secondary N) is 2. The van der Waals surface area contributed by atoms with E-state index in [9.17, 15) is 9.59 Å². The highest BCUT2D eigenvalue weighted by molar-refractivity contribution is 5.94. The maximum Gasteiger partial charge on any atom is 0.252 e. The Balaban J connectivity index is 1.72. The van der Waals surface area contributed by atoms with Crippen LogP contribution in [0.25, 0.3) is 0 Å². The molecule has 0 saturated heterocycles. The van der Waals surface area contributed by atoms with E-state index in [2.05, 4.69) is 20.6 Å². The second-order valence-electron chi connectivity index (χ2n) is 3.99. The molecule has 102 valence electrons. The lowest BCUT2D eigenvalue weighted by molar-refractivity contribution is 0.0927. The lowest BCUT2D eigenvalue weighted by Gasteiger charge is -2.06. The molecule has 0 aliphatic carbocycles. The second kappa shape index (κ2) is 6.98. The summed E-state index contributed by atoms with van der Waals surface area (Å²) < 4.78 is 0. The van der Waals surface area contributed by atoms with E-state index in [-0.39, 0.29) is 11.8 Å². The van der Waals surface area contributed by atoms with E-state index in [0.29, 0.717) is 24.2 Å². The van der Waals surface area contributed by atoms with Gasteiger partial charge in [-0.25, -0.2) is 0 Å². The van der Waals surface area contributed by atoms with Crippen molar-refractivity contribution in [3.63, 3.8) is 0 Å². The fourth-order valence-electron chi connectivity index (χ4n) is 1.56. The highest BCUT2D eigenvalue weighted by Crippen LogP contribution is 1.95. The summed E-state index contributed by atoms with van der Waals surface area (Å²) in [4.78, 5) is 31.1. The summed E-state index contributed by atoms with van der Waals surface area (Å²) in [7, 11) is 0. The average Bonchev–Trinajstić information content (AvgIpc) is 2.53. The number of hydrogen-bond donors (Lipinski definition) is 2. The molecule has 0 bridgehead atoms. The molecule has 6 nitrogen and oxygen atoms in total. The zero-order chi connectivity index (χ0) is 14.2. The first-order valence-corrected chi connectivity index (χ1v) is 6.14. The van der Waals surface area contributed by atoms with Crippen LogP contribution in [-0.4, -0.2) is 34.9 Å². The first-order valence-electron chi connectivity index (χ1n) is 6.14. The Morgan fingerprint density at radius 3 is 2.10 bits per heavy atom. The number of rotatable bonds is 5. The van der Waals surface area contributed by atoms with Crippen LogP contribution >= 0.6 is 0 Å². The molecule has 2 N–H and O–H groups in total. The van der Waals surface area contributed by atoms with Crippen molar-refractivity contribution in [3.05, 3.63) is 60.2 Å². The van der Waals surface area contributed by atoms with Gasteiger partial charge in [-0.05, 0) is 24.3 Å². The van der Waals surface area contributed by atoms with Crippen LogP contribution in [-0.2, 0) is 0 Å². The molecule has 0 saturated carbocycles. The van der Waals surface area contributed by atoms with Gasteiger partial charge in [-0.1, -0.05) is 0 Å². The van der Waals surface area contributed by atoms with Crippen LogP contribution in [0.1, 0.15) is 20.7 Å². The molecule has 6 heteroatoms. The largest absolute Gasteiger partial charge is 0.350 e. The Hall–Kier alpha value is -2.76. The van der Waals surface area contributed by atoms with Crippen LogP contribution in [0, 0.1) is 0 Å². The van der Waals surface area contributed by atoms with Crippen molar-refractivity contribution < 1.29 is 9.59 Å². The van der Waals surface area contributed by atoms with Crippen molar-refractivity contribution in [1.82, 2.24) is 20.6 Å². The van der Waals surface area contributed by atoms with Gasteiger partial charge in [0.25, 0.3) is 11.8 Å². The minimum Gasteiger partial charge on any atom is -0.350 e. The van der Waals surface area contributed by atoms with Gasteiger partial charge in [-0.3, -0.25) is 19.6 Å². The number of aromatic nitrogens is 2. The molecule has 2 aromatic rings. The van der Waals surface area contributed by atoms with E-state index in [0.717, 1.165) is 0 Å². The van der Waals surface area contributed by atoms with Gasteiger partial charge in [0.15, 0.2) is 0 Å². The van der Waals surface area contributed by atoms with Crippen molar-refractivity contribution in [2.75, 3.05) is 13.1 Å². The SMILES string of the molecule is O=C(NCCNC(=O)c1cccnc1)c1ccncc1. The highest BCUT2D eigenvalue weighted by Gasteiger charge is 2.05. The number of nitrogens with zero attached hydrogens (tertiary/aromatic N) is 2. The fourth-order valence-corrected chi connectivity index (χ4v) is 1.56. The number of carbonyl (C=O) groups is 2. The van der Waals surface area contributed by atoms with Gasteiger partial charge in [0, 0.05) is 43.4 Å². The first kappa shape index (κ1) is 13.7. The molecular weight excluding hydrogens is 256 g/mol. The minimum atomic E-state index is -0.212. The quantitative estimate of drug-likeness (QED) is 0.781.